The summed E-state index contributed by atoms with van der Waals surface area (Å²) in [4.78, 5) is 44.0. The molecule has 0 bridgehead atoms. The minimum Gasteiger partial charge on any atom is -0.326 e. The van der Waals surface area contributed by atoms with Gasteiger partial charge < -0.3 is 10.6 Å². The fourth-order valence-corrected chi connectivity index (χ4v) is 2.29. The molecule has 10 nitrogen and oxygen atoms in total. The van der Waals surface area contributed by atoms with Crippen molar-refractivity contribution < 1.29 is 19.4 Å². The van der Waals surface area contributed by atoms with Gasteiger partial charge in [0.15, 0.2) is 0 Å². The number of hydrogen-bond donors (Lipinski definition) is 2. The highest BCUT2D eigenvalue weighted by atomic mass is 16.6. The van der Waals surface area contributed by atoms with Crippen LogP contribution in [0.5, 0.6) is 0 Å². The van der Waals surface area contributed by atoms with Crippen LogP contribution in [0, 0.1) is 27.2 Å². The van der Waals surface area contributed by atoms with Gasteiger partial charge in [0.05, 0.1) is 21.5 Å². The molecule has 0 saturated heterocycles. The van der Waals surface area contributed by atoms with Crippen LogP contribution in [0.1, 0.15) is 22.8 Å². The Labute approximate surface area is 147 Å². The summed E-state index contributed by atoms with van der Waals surface area (Å²) >= 11 is 0. The SMILES string of the molecule is CC(=O)Nc1cccc(NC(=O)c2cc([N+](=O)[O-])cc([N+](=O)[O-])c2C)c1. The third kappa shape index (κ3) is 4.17. The quantitative estimate of drug-likeness (QED) is 0.621. The first kappa shape index (κ1) is 18.5. The van der Waals surface area contributed by atoms with E-state index in [0.29, 0.717) is 11.4 Å². The van der Waals surface area contributed by atoms with Gasteiger partial charge in [0.2, 0.25) is 5.91 Å². The van der Waals surface area contributed by atoms with Crippen molar-refractivity contribution in [3.63, 3.8) is 0 Å². The molecule has 0 fully saturated rings. The van der Waals surface area contributed by atoms with Crippen LogP contribution in [-0.2, 0) is 4.79 Å². The fraction of sp³-hybridized carbons (Fsp3) is 0.125. The molecule has 2 rings (SSSR count). The minimum absolute atomic E-state index is 0.0103. The first-order valence-corrected chi connectivity index (χ1v) is 7.31. The maximum Gasteiger partial charge on any atom is 0.279 e. The molecule has 0 spiro atoms. The zero-order valence-corrected chi connectivity index (χ0v) is 13.8. The zero-order valence-electron chi connectivity index (χ0n) is 13.8. The highest BCUT2D eigenvalue weighted by Gasteiger charge is 2.24. The Bertz CT molecular complexity index is 925. The molecule has 2 amide bonds. The smallest absolute Gasteiger partial charge is 0.279 e. The lowest BCUT2D eigenvalue weighted by Gasteiger charge is -2.10. The Kier molecular flexibility index (Phi) is 5.26. The average molecular weight is 358 g/mol. The van der Waals surface area contributed by atoms with Crippen molar-refractivity contribution >= 4 is 34.6 Å². The Morgan fingerprint density at radius 3 is 2.12 bits per heavy atom. The standard InChI is InChI=1S/C16H14N4O6/c1-9-14(7-13(19(23)24)8-15(9)20(25)26)16(22)18-12-5-3-4-11(6-12)17-10(2)21/h3-8H,1-2H3,(H,17,21)(H,18,22). The van der Waals surface area contributed by atoms with Crippen molar-refractivity contribution in [2.24, 2.45) is 0 Å². The Morgan fingerprint density at radius 1 is 0.962 bits per heavy atom. The molecule has 0 aliphatic rings. The Hall–Kier alpha value is -3.82. The number of non-ortho nitro benzene ring substituents is 1. The van der Waals surface area contributed by atoms with Crippen LogP contribution in [0.15, 0.2) is 36.4 Å². The molecule has 0 heterocycles. The fourth-order valence-electron chi connectivity index (χ4n) is 2.29. The van der Waals surface area contributed by atoms with E-state index in [-0.39, 0.29) is 17.0 Å². The van der Waals surface area contributed by atoms with Crippen LogP contribution < -0.4 is 10.6 Å². The number of carbonyl (C=O) groups is 2. The van der Waals surface area contributed by atoms with E-state index in [2.05, 4.69) is 10.6 Å². The number of anilines is 2. The summed E-state index contributed by atoms with van der Waals surface area (Å²) < 4.78 is 0. The molecule has 26 heavy (non-hydrogen) atoms. The molecular weight excluding hydrogens is 344 g/mol. The van der Waals surface area contributed by atoms with E-state index < -0.39 is 27.1 Å². The maximum atomic E-state index is 12.5. The topological polar surface area (TPSA) is 144 Å². The number of nitro benzene ring substituents is 2. The van der Waals surface area contributed by atoms with Crippen molar-refractivity contribution in [2.75, 3.05) is 10.6 Å². The number of nitrogens with one attached hydrogen (secondary N) is 2. The highest BCUT2D eigenvalue weighted by molar-refractivity contribution is 6.06. The normalized spacial score (nSPS) is 10.1. The van der Waals surface area contributed by atoms with Gasteiger partial charge in [-0.25, -0.2) is 0 Å². The first-order valence-electron chi connectivity index (χ1n) is 7.31. The first-order chi connectivity index (χ1) is 12.2. The molecule has 0 aromatic heterocycles. The van der Waals surface area contributed by atoms with E-state index in [9.17, 15) is 29.8 Å². The van der Waals surface area contributed by atoms with Gasteiger partial charge in [-0.2, -0.15) is 0 Å². The van der Waals surface area contributed by atoms with E-state index in [4.69, 9.17) is 0 Å². The second-order valence-corrected chi connectivity index (χ2v) is 5.37. The highest BCUT2D eigenvalue weighted by Crippen LogP contribution is 2.28. The number of nitro groups is 2. The molecule has 2 N–H and O–H groups in total. The number of carbonyl (C=O) groups excluding carboxylic acids is 2. The molecule has 0 unspecified atom stereocenters. The van der Waals surface area contributed by atoms with Crippen LogP contribution in [0.3, 0.4) is 0 Å². The van der Waals surface area contributed by atoms with E-state index in [1.807, 2.05) is 0 Å². The lowest BCUT2D eigenvalue weighted by molar-refractivity contribution is -0.394. The molecule has 10 heteroatoms. The monoisotopic (exact) mass is 358 g/mol. The second kappa shape index (κ2) is 7.38. The summed E-state index contributed by atoms with van der Waals surface area (Å²) in [6.45, 7) is 2.67. The van der Waals surface area contributed by atoms with Gasteiger partial charge in [0, 0.05) is 29.9 Å². The molecular formula is C16H14N4O6. The van der Waals surface area contributed by atoms with Gasteiger partial charge in [0.25, 0.3) is 17.3 Å². The lowest BCUT2D eigenvalue weighted by atomic mass is 10.0. The summed E-state index contributed by atoms with van der Waals surface area (Å²) in [6, 6.07) is 8.02. The maximum absolute atomic E-state index is 12.5. The zero-order chi connectivity index (χ0) is 19.4. The predicted molar refractivity (Wildman–Crippen MR) is 93.2 cm³/mol. The van der Waals surface area contributed by atoms with E-state index in [1.54, 1.807) is 18.2 Å². The van der Waals surface area contributed by atoms with Crippen LogP contribution in [0.25, 0.3) is 0 Å². The third-order valence-electron chi connectivity index (χ3n) is 3.46. The Balaban J connectivity index is 2.39. The van der Waals surface area contributed by atoms with Crippen molar-refractivity contribution in [1.82, 2.24) is 0 Å². The summed E-state index contributed by atoms with van der Waals surface area (Å²) in [7, 11) is 0. The van der Waals surface area contributed by atoms with Gasteiger partial charge in [-0.1, -0.05) is 6.07 Å². The molecule has 0 atom stereocenters. The van der Waals surface area contributed by atoms with Gasteiger partial charge in [-0.05, 0) is 25.1 Å². The van der Waals surface area contributed by atoms with Gasteiger partial charge >= 0.3 is 0 Å². The van der Waals surface area contributed by atoms with Gasteiger partial charge in [-0.3, -0.25) is 29.8 Å². The number of benzene rings is 2. The summed E-state index contributed by atoms with van der Waals surface area (Å²) in [6.07, 6.45) is 0. The van der Waals surface area contributed by atoms with E-state index >= 15 is 0 Å². The number of amides is 2. The predicted octanol–water partition coefficient (Wildman–Crippen LogP) is 3.02. The van der Waals surface area contributed by atoms with Crippen molar-refractivity contribution in [3.05, 3.63) is 67.8 Å². The molecule has 2 aromatic carbocycles. The van der Waals surface area contributed by atoms with Gasteiger partial charge in [0.1, 0.15) is 0 Å². The molecule has 0 radical (unpaired) electrons. The van der Waals surface area contributed by atoms with Crippen molar-refractivity contribution in [2.45, 2.75) is 13.8 Å². The average Bonchev–Trinajstić information content (AvgIpc) is 2.54. The van der Waals surface area contributed by atoms with Crippen molar-refractivity contribution in [1.29, 1.82) is 0 Å². The summed E-state index contributed by atoms with van der Waals surface area (Å²) in [5.41, 5.74) is -0.491. The van der Waals surface area contributed by atoms with Crippen LogP contribution >= 0.6 is 0 Å². The van der Waals surface area contributed by atoms with Crippen LogP contribution in [-0.4, -0.2) is 21.7 Å². The number of hydrogen-bond acceptors (Lipinski definition) is 6. The minimum atomic E-state index is -0.805. The van der Waals surface area contributed by atoms with Gasteiger partial charge in [-0.15, -0.1) is 0 Å². The summed E-state index contributed by atoms with van der Waals surface area (Å²) in [5, 5.41) is 27.1. The van der Waals surface area contributed by atoms with Crippen LogP contribution in [0.2, 0.25) is 0 Å². The van der Waals surface area contributed by atoms with E-state index in [1.165, 1.54) is 19.9 Å². The third-order valence-corrected chi connectivity index (χ3v) is 3.46. The number of rotatable bonds is 5. The summed E-state index contributed by atoms with van der Waals surface area (Å²) in [5.74, 6) is -1.03. The van der Waals surface area contributed by atoms with E-state index in [0.717, 1.165) is 12.1 Å². The largest absolute Gasteiger partial charge is 0.326 e. The second-order valence-electron chi connectivity index (χ2n) is 5.37. The Morgan fingerprint density at radius 2 is 1.58 bits per heavy atom. The molecule has 0 saturated carbocycles. The number of nitrogens with zero attached hydrogens (tertiary/aromatic N) is 2. The lowest BCUT2D eigenvalue weighted by Crippen LogP contribution is -2.15. The van der Waals surface area contributed by atoms with Crippen molar-refractivity contribution in [3.8, 4) is 0 Å². The van der Waals surface area contributed by atoms with Crippen LogP contribution in [0.4, 0.5) is 22.7 Å². The molecule has 0 aliphatic heterocycles. The molecule has 0 aliphatic carbocycles. The molecule has 134 valence electrons. The molecule has 2 aromatic rings.